The normalized spacial score (nSPS) is 22.9. The van der Waals surface area contributed by atoms with Gasteiger partial charge in [-0.2, -0.15) is 26.3 Å². The number of halogens is 6. The highest BCUT2D eigenvalue weighted by molar-refractivity contribution is 5.37. The molecule has 1 N–H and O–H groups in total. The number of para-hydroxylation sites is 1. The number of likely N-dealkylation sites (tertiary alicyclic amines) is 1. The lowest BCUT2D eigenvalue weighted by Gasteiger charge is -2.50. The van der Waals surface area contributed by atoms with E-state index < -0.39 is 49.4 Å². The fourth-order valence-corrected chi connectivity index (χ4v) is 6.33. The van der Waals surface area contributed by atoms with E-state index in [9.17, 15) is 26.3 Å². The van der Waals surface area contributed by atoms with E-state index in [2.05, 4.69) is 5.32 Å². The van der Waals surface area contributed by atoms with Gasteiger partial charge in [0.1, 0.15) is 5.75 Å². The number of alkyl halides is 6. The molecule has 3 aromatic rings. The van der Waals surface area contributed by atoms with Crippen LogP contribution in [0.5, 0.6) is 5.75 Å². The van der Waals surface area contributed by atoms with Crippen molar-refractivity contribution in [3.63, 3.8) is 0 Å². The molecule has 0 aromatic heterocycles. The summed E-state index contributed by atoms with van der Waals surface area (Å²) in [5.41, 5.74) is 3.05. The van der Waals surface area contributed by atoms with Crippen molar-refractivity contribution < 1.29 is 31.1 Å². The second-order valence-corrected chi connectivity index (χ2v) is 10.8. The fraction of sp³-hybridized carbons (Fsp3) is 0.419. The van der Waals surface area contributed by atoms with Crippen LogP contribution in [-0.4, -0.2) is 54.9 Å². The van der Waals surface area contributed by atoms with Crippen molar-refractivity contribution in [1.82, 2.24) is 15.1 Å². The molecule has 5 rings (SSSR count). The van der Waals surface area contributed by atoms with Crippen molar-refractivity contribution >= 4 is 0 Å². The van der Waals surface area contributed by atoms with Gasteiger partial charge in [-0.05, 0) is 22.8 Å². The van der Waals surface area contributed by atoms with Gasteiger partial charge in [0.05, 0.1) is 25.0 Å². The summed E-state index contributed by atoms with van der Waals surface area (Å²) >= 11 is 0. The van der Waals surface area contributed by atoms with Crippen LogP contribution in [0.4, 0.5) is 26.3 Å². The number of methoxy groups -OCH3 is 1. The molecule has 3 aromatic carbocycles. The minimum atomic E-state index is -4.83. The lowest BCUT2D eigenvalue weighted by atomic mass is 9.80. The molecule has 3 atom stereocenters. The monoisotopic (exact) mass is 577 g/mol. The maximum atomic E-state index is 14.7. The molecule has 1 saturated heterocycles. The van der Waals surface area contributed by atoms with Gasteiger partial charge >= 0.3 is 12.4 Å². The van der Waals surface area contributed by atoms with Crippen LogP contribution in [-0.2, 0) is 19.6 Å². The maximum Gasteiger partial charge on any atom is 0.394 e. The molecule has 2 aliphatic heterocycles. The molecule has 10 heteroatoms. The summed E-state index contributed by atoms with van der Waals surface area (Å²) in [6.45, 7) is -0.416. The first kappa shape index (κ1) is 29.4. The summed E-state index contributed by atoms with van der Waals surface area (Å²) in [7, 11) is 1.45. The van der Waals surface area contributed by atoms with Gasteiger partial charge in [-0.15, -0.1) is 0 Å². The van der Waals surface area contributed by atoms with Crippen molar-refractivity contribution in [1.29, 1.82) is 0 Å². The summed E-state index contributed by atoms with van der Waals surface area (Å²) in [5, 5.41) is 3.26. The van der Waals surface area contributed by atoms with Gasteiger partial charge in [0.25, 0.3) is 0 Å². The van der Waals surface area contributed by atoms with Crippen molar-refractivity contribution in [2.24, 2.45) is 11.8 Å². The topological polar surface area (TPSA) is 27.7 Å². The molecule has 2 heterocycles. The Morgan fingerprint density at radius 3 is 1.88 bits per heavy atom. The number of hydrogen-bond donors (Lipinski definition) is 1. The molecule has 4 nitrogen and oxygen atoms in total. The third-order valence-electron chi connectivity index (χ3n) is 8.26. The number of ether oxygens (including phenoxy) is 1. The Bertz CT molecular complexity index is 1250. The Morgan fingerprint density at radius 2 is 1.32 bits per heavy atom. The van der Waals surface area contributed by atoms with Crippen molar-refractivity contribution in [3.05, 3.63) is 101 Å². The standard InChI is InChI=1S/C31H33F6N3O/c1-41-28-14-8-7-13-24(28)27(16-38-15-21-9-3-2-4-10-21)39-19-25(30(32,33)34)29(26(20-39)31(35,36)37)40-17-22-11-5-6-12-23(22)18-40/h2-14,25-27,29,38H,15-20H2,1H3. The van der Waals surface area contributed by atoms with Crippen molar-refractivity contribution in [2.75, 3.05) is 26.7 Å². The van der Waals surface area contributed by atoms with Crippen LogP contribution in [0.1, 0.15) is 28.3 Å². The minimum Gasteiger partial charge on any atom is -0.496 e. The molecule has 3 unspecified atom stereocenters. The van der Waals surface area contributed by atoms with Crippen LogP contribution in [0, 0.1) is 11.8 Å². The van der Waals surface area contributed by atoms with Gasteiger partial charge in [-0.1, -0.05) is 72.8 Å². The van der Waals surface area contributed by atoms with E-state index in [1.54, 1.807) is 48.5 Å². The molecular formula is C31H33F6N3O. The molecular weight excluding hydrogens is 544 g/mol. The summed E-state index contributed by atoms with van der Waals surface area (Å²) in [5.74, 6) is -3.96. The first-order valence-corrected chi connectivity index (χ1v) is 13.6. The quantitative estimate of drug-likeness (QED) is 0.306. The predicted octanol–water partition coefficient (Wildman–Crippen LogP) is 6.58. The zero-order chi connectivity index (χ0) is 29.2. The second kappa shape index (κ2) is 12.0. The zero-order valence-corrected chi connectivity index (χ0v) is 22.6. The highest BCUT2D eigenvalue weighted by atomic mass is 19.4. The average molecular weight is 578 g/mol. The van der Waals surface area contributed by atoms with Crippen LogP contribution < -0.4 is 10.1 Å². The van der Waals surface area contributed by atoms with E-state index in [0.717, 1.165) is 16.7 Å². The number of benzene rings is 3. The van der Waals surface area contributed by atoms with Crippen LogP contribution in [0.15, 0.2) is 78.9 Å². The van der Waals surface area contributed by atoms with Crippen molar-refractivity contribution in [2.45, 2.75) is 44.1 Å². The minimum absolute atomic E-state index is 0.0641. The van der Waals surface area contributed by atoms with Crippen molar-refractivity contribution in [3.8, 4) is 5.75 Å². The van der Waals surface area contributed by atoms with Crippen LogP contribution in [0.2, 0.25) is 0 Å². The number of fused-ring (bicyclic) bond motifs is 1. The number of hydrogen-bond acceptors (Lipinski definition) is 4. The van der Waals surface area contributed by atoms with E-state index in [-0.39, 0.29) is 19.6 Å². The largest absolute Gasteiger partial charge is 0.496 e. The summed E-state index contributed by atoms with van der Waals surface area (Å²) in [6.07, 6.45) is -9.66. The predicted molar refractivity (Wildman–Crippen MR) is 144 cm³/mol. The van der Waals surface area contributed by atoms with E-state index in [4.69, 9.17) is 4.74 Å². The molecule has 0 spiro atoms. The molecule has 0 amide bonds. The molecule has 0 aliphatic carbocycles. The second-order valence-electron chi connectivity index (χ2n) is 10.8. The number of nitrogens with one attached hydrogen (secondary N) is 1. The highest BCUT2D eigenvalue weighted by Crippen LogP contribution is 2.48. The lowest BCUT2D eigenvalue weighted by Crippen LogP contribution is -2.63. The Kier molecular flexibility index (Phi) is 8.63. The van der Waals surface area contributed by atoms with Gasteiger partial charge in [-0.25, -0.2) is 0 Å². The van der Waals surface area contributed by atoms with Crippen LogP contribution in [0.25, 0.3) is 0 Å². The number of nitrogens with zero attached hydrogens (tertiary/aromatic N) is 2. The molecule has 220 valence electrons. The maximum absolute atomic E-state index is 14.7. The van der Waals surface area contributed by atoms with Gasteiger partial charge < -0.3 is 10.1 Å². The van der Waals surface area contributed by atoms with Gasteiger partial charge in [0.15, 0.2) is 0 Å². The molecule has 41 heavy (non-hydrogen) atoms. The van der Waals surface area contributed by atoms with E-state index in [1.165, 1.54) is 16.9 Å². The van der Waals surface area contributed by atoms with Crippen LogP contribution in [0.3, 0.4) is 0 Å². The Labute approximate surface area is 235 Å². The number of rotatable bonds is 8. The fourth-order valence-electron chi connectivity index (χ4n) is 6.33. The lowest BCUT2D eigenvalue weighted by molar-refractivity contribution is -0.261. The Balaban J connectivity index is 1.49. The molecule has 0 radical (unpaired) electrons. The summed E-state index contributed by atoms with van der Waals surface area (Å²) in [4.78, 5) is 2.73. The molecule has 0 bridgehead atoms. The Morgan fingerprint density at radius 1 is 0.780 bits per heavy atom. The summed E-state index contributed by atoms with van der Waals surface area (Å²) < 4.78 is 93.9. The SMILES string of the molecule is COc1ccccc1C(CNCc1ccccc1)N1CC(C(F)(F)F)C(N2Cc3ccccc3C2)C(C(F)(F)F)C1. The molecule has 0 saturated carbocycles. The zero-order valence-electron chi connectivity index (χ0n) is 22.6. The van der Waals surface area contributed by atoms with Gasteiger partial charge in [-0.3, -0.25) is 9.80 Å². The van der Waals surface area contributed by atoms with E-state index in [0.29, 0.717) is 17.9 Å². The third kappa shape index (κ3) is 6.55. The highest BCUT2D eigenvalue weighted by Gasteiger charge is 2.60. The average Bonchev–Trinajstić information content (AvgIpc) is 3.38. The van der Waals surface area contributed by atoms with Gasteiger partial charge in [0.2, 0.25) is 0 Å². The summed E-state index contributed by atoms with van der Waals surface area (Å²) in [6, 6.07) is 20.8. The first-order chi connectivity index (χ1) is 19.6. The molecule has 1 fully saturated rings. The van der Waals surface area contributed by atoms with Crippen LogP contribution >= 0.6 is 0 Å². The van der Waals surface area contributed by atoms with Gasteiger partial charge in [0, 0.05) is 50.9 Å². The molecule has 2 aliphatic rings. The first-order valence-electron chi connectivity index (χ1n) is 13.6. The van der Waals surface area contributed by atoms with E-state index in [1.807, 2.05) is 30.3 Å². The number of piperidine rings is 1. The van der Waals surface area contributed by atoms with E-state index >= 15 is 0 Å². The third-order valence-corrected chi connectivity index (χ3v) is 8.26. The smallest absolute Gasteiger partial charge is 0.394 e. The Hall–Kier alpha value is -3.08.